The average Bonchev–Trinajstić information content (AvgIpc) is 3.28. The average molecular weight is 871 g/mol. The van der Waals surface area contributed by atoms with Crippen molar-refractivity contribution in [1.82, 2.24) is 0 Å². The van der Waals surface area contributed by atoms with Crippen LogP contribution in [-0.2, 0) is 28.6 Å². The fourth-order valence-corrected chi connectivity index (χ4v) is 6.28. The third-order valence-corrected chi connectivity index (χ3v) is 9.94. The highest BCUT2D eigenvalue weighted by molar-refractivity contribution is 5.71. The molecule has 0 rings (SSSR count). The lowest BCUT2D eigenvalue weighted by molar-refractivity contribution is -0.167. The monoisotopic (exact) mass is 871 g/mol. The van der Waals surface area contributed by atoms with Gasteiger partial charge in [0.15, 0.2) is 6.10 Å². The Bertz CT molecular complexity index is 1370. The van der Waals surface area contributed by atoms with Gasteiger partial charge in [0.25, 0.3) is 0 Å². The highest BCUT2D eigenvalue weighted by Gasteiger charge is 2.19. The van der Waals surface area contributed by atoms with Gasteiger partial charge in [0.05, 0.1) is 0 Å². The first-order valence-corrected chi connectivity index (χ1v) is 25.0. The van der Waals surface area contributed by atoms with E-state index in [0.717, 1.165) is 161 Å². The van der Waals surface area contributed by atoms with Gasteiger partial charge < -0.3 is 14.2 Å². The van der Waals surface area contributed by atoms with Crippen LogP contribution in [0.25, 0.3) is 0 Å². The van der Waals surface area contributed by atoms with E-state index in [0.29, 0.717) is 19.3 Å². The molecule has 0 amide bonds. The Morgan fingerprint density at radius 3 is 0.905 bits per heavy atom. The van der Waals surface area contributed by atoms with Crippen molar-refractivity contribution in [3.05, 3.63) is 122 Å². The molecule has 0 radical (unpaired) electrons. The number of ether oxygens (including phenoxy) is 3. The molecule has 0 aliphatic rings. The van der Waals surface area contributed by atoms with E-state index in [1.165, 1.54) is 0 Å². The van der Waals surface area contributed by atoms with Crippen LogP contribution >= 0.6 is 0 Å². The van der Waals surface area contributed by atoms with Crippen LogP contribution in [0.2, 0.25) is 0 Å². The van der Waals surface area contributed by atoms with Crippen LogP contribution in [0.15, 0.2) is 122 Å². The summed E-state index contributed by atoms with van der Waals surface area (Å²) in [5.74, 6) is -0.989. The Labute approximate surface area is 386 Å². The summed E-state index contributed by atoms with van der Waals surface area (Å²) in [7, 11) is 0. The summed E-state index contributed by atoms with van der Waals surface area (Å²) in [6.45, 7) is 6.21. The van der Waals surface area contributed by atoms with Gasteiger partial charge in [-0.1, -0.05) is 181 Å². The zero-order chi connectivity index (χ0) is 45.8. The van der Waals surface area contributed by atoms with E-state index in [-0.39, 0.29) is 31.1 Å². The van der Waals surface area contributed by atoms with Gasteiger partial charge >= 0.3 is 17.9 Å². The number of allylic oxidation sites excluding steroid dienone is 20. The van der Waals surface area contributed by atoms with Gasteiger partial charge in [-0.05, 0) is 122 Å². The summed E-state index contributed by atoms with van der Waals surface area (Å²) in [6.07, 6.45) is 68.9. The van der Waals surface area contributed by atoms with Crippen molar-refractivity contribution < 1.29 is 28.6 Å². The number of hydrogen-bond acceptors (Lipinski definition) is 6. The summed E-state index contributed by atoms with van der Waals surface area (Å²) >= 11 is 0. The second kappa shape index (κ2) is 50.5. The summed E-state index contributed by atoms with van der Waals surface area (Å²) in [5, 5.41) is 0. The van der Waals surface area contributed by atoms with Crippen LogP contribution < -0.4 is 0 Å². The SMILES string of the molecule is CC/C=C\C/C=C\C/C=C\C/C=C\CCCCCCC(=O)OCC(COC(=O)CCCCC/C=C\C/C=C\C/C=C\CC)OC(=O)CCCCCCC/C=C\C/C=C\C/C=C\CC. The first kappa shape index (κ1) is 58.8. The minimum Gasteiger partial charge on any atom is -0.462 e. The third-order valence-electron chi connectivity index (χ3n) is 9.94. The standard InChI is InChI=1S/C57H90O6/c1-4-7-10-13-16-19-22-25-27-28-30-32-35-38-41-44-47-50-56(59)62-53-54(52-61-55(58)49-46-43-40-37-34-31-24-21-18-15-12-9-6-3)63-57(60)51-48-45-42-39-36-33-29-26-23-20-17-14-11-8-5-2/h7-12,16-21,25-27,29-32,34,54H,4-6,13-15,22-24,28,33,35-53H2,1-3H3/b10-7-,11-8-,12-9-,19-16-,20-17-,21-18-,27-25-,29-26-,32-30-,34-31-. The summed E-state index contributed by atoms with van der Waals surface area (Å²) in [4.78, 5) is 37.9. The molecule has 0 aromatic heterocycles. The van der Waals surface area contributed by atoms with Crippen LogP contribution in [0.3, 0.4) is 0 Å². The van der Waals surface area contributed by atoms with E-state index in [1.54, 1.807) is 0 Å². The highest BCUT2D eigenvalue weighted by Crippen LogP contribution is 2.12. The Morgan fingerprint density at radius 1 is 0.317 bits per heavy atom. The highest BCUT2D eigenvalue weighted by atomic mass is 16.6. The Kier molecular flexibility index (Phi) is 47.1. The molecule has 6 nitrogen and oxygen atoms in total. The number of carbonyl (C=O) groups is 3. The second-order valence-electron chi connectivity index (χ2n) is 15.9. The predicted octanol–water partition coefficient (Wildman–Crippen LogP) is 16.5. The smallest absolute Gasteiger partial charge is 0.306 e. The number of carbonyl (C=O) groups excluding carboxylic acids is 3. The molecule has 0 aliphatic carbocycles. The minimum atomic E-state index is -0.812. The zero-order valence-electron chi connectivity index (χ0n) is 40.3. The Morgan fingerprint density at radius 2 is 0.571 bits per heavy atom. The van der Waals surface area contributed by atoms with E-state index in [4.69, 9.17) is 14.2 Å². The largest absolute Gasteiger partial charge is 0.462 e. The van der Waals surface area contributed by atoms with E-state index in [9.17, 15) is 14.4 Å². The van der Waals surface area contributed by atoms with Crippen molar-refractivity contribution in [2.45, 2.75) is 207 Å². The molecule has 354 valence electrons. The van der Waals surface area contributed by atoms with Crippen molar-refractivity contribution in [3.8, 4) is 0 Å². The predicted molar refractivity (Wildman–Crippen MR) is 269 cm³/mol. The van der Waals surface area contributed by atoms with Crippen molar-refractivity contribution in [1.29, 1.82) is 0 Å². The lowest BCUT2D eigenvalue weighted by Crippen LogP contribution is -2.30. The quantitative estimate of drug-likeness (QED) is 0.0263. The Balaban J connectivity index is 4.52. The number of unbranched alkanes of at least 4 members (excludes halogenated alkanes) is 12. The molecule has 0 aromatic carbocycles. The molecule has 0 saturated carbocycles. The minimum absolute atomic E-state index is 0.111. The van der Waals surface area contributed by atoms with Crippen LogP contribution in [0.4, 0.5) is 0 Å². The molecule has 1 atom stereocenters. The maximum absolute atomic E-state index is 12.8. The lowest BCUT2D eigenvalue weighted by atomic mass is 10.1. The number of esters is 3. The summed E-state index contributed by atoms with van der Waals surface area (Å²) in [5.41, 5.74) is 0. The molecule has 0 heterocycles. The lowest BCUT2D eigenvalue weighted by Gasteiger charge is -2.18. The molecule has 0 saturated heterocycles. The van der Waals surface area contributed by atoms with Crippen molar-refractivity contribution >= 4 is 17.9 Å². The van der Waals surface area contributed by atoms with Crippen molar-refractivity contribution in [2.75, 3.05) is 13.2 Å². The van der Waals surface area contributed by atoms with Gasteiger partial charge in [-0.25, -0.2) is 0 Å². The molecule has 0 bridgehead atoms. The van der Waals surface area contributed by atoms with Crippen LogP contribution in [0.5, 0.6) is 0 Å². The summed E-state index contributed by atoms with van der Waals surface area (Å²) in [6, 6.07) is 0. The number of rotatable bonds is 43. The maximum atomic E-state index is 12.8. The van der Waals surface area contributed by atoms with E-state index < -0.39 is 6.10 Å². The van der Waals surface area contributed by atoms with Crippen LogP contribution in [-0.4, -0.2) is 37.2 Å². The van der Waals surface area contributed by atoms with E-state index in [1.807, 2.05) is 0 Å². The van der Waals surface area contributed by atoms with Gasteiger partial charge in [-0.15, -0.1) is 0 Å². The van der Waals surface area contributed by atoms with Crippen molar-refractivity contribution in [3.63, 3.8) is 0 Å². The van der Waals surface area contributed by atoms with Gasteiger partial charge in [-0.2, -0.15) is 0 Å². The van der Waals surface area contributed by atoms with E-state index in [2.05, 4.69) is 142 Å². The summed E-state index contributed by atoms with van der Waals surface area (Å²) < 4.78 is 16.7. The normalized spacial score (nSPS) is 13.1. The molecular formula is C57H90O6. The molecule has 1 unspecified atom stereocenters. The van der Waals surface area contributed by atoms with Gasteiger partial charge in [0.1, 0.15) is 13.2 Å². The second-order valence-corrected chi connectivity index (χ2v) is 15.9. The first-order chi connectivity index (χ1) is 31.0. The molecule has 0 aliphatic heterocycles. The van der Waals surface area contributed by atoms with Crippen LogP contribution in [0.1, 0.15) is 201 Å². The first-order valence-electron chi connectivity index (χ1n) is 25.0. The molecule has 6 heteroatoms. The molecule has 63 heavy (non-hydrogen) atoms. The molecule has 0 spiro atoms. The molecule has 0 N–H and O–H groups in total. The molecule has 0 fully saturated rings. The topological polar surface area (TPSA) is 78.9 Å². The van der Waals surface area contributed by atoms with Crippen LogP contribution in [0, 0.1) is 0 Å². The fourth-order valence-electron chi connectivity index (χ4n) is 6.28. The molecule has 0 aromatic rings. The number of hydrogen-bond donors (Lipinski definition) is 0. The fraction of sp³-hybridized carbons (Fsp3) is 0.596. The van der Waals surface area contributed by atoms with Crippen molar-refractivity contribution in [2.24, 2.45) is 0 Å². The van der Waals surface area contributed by atoms with Gasteiger partial charge in [0, 0.05) is 19.3 Å². The van der Waals surface area contributed by atoms with Gasteiger partial charge in [-0.3, -0.25) is 14.4 Å². The maximum Gasteiger partial charge on any atom is 0.306 e. The zero-order valence-corrected chi connectivity index (χ0v) is 40.3. The van der Waals surface area contributed by atoms with E-state index >= 15 is 0 Å². The van der Waals surface area contributed by atoms with Gasteiger partial charge in [0.2, 0.25) is 0 Å². The third kappa shape index (κ3) is 48.7. The molecular weight excluding hydrogens is 781 g/mol. The Hall–Kier alpha value is -4.19.